The van der Waals surface area contributed by atoms with E-state index in [-0.39, 0.29) is 0 Å². The van der Waals surface area contributed by atoms with Gasteiger partial charge in [-0.05, 0) is 68.9 Å². The molecule has 1 unspecified atom stereocenters. The van der Waals surface area contributed by atoms with E-state index in [0.29, 0.717) is 0 Å². The molecule has 1 heteroatoms. The summed E-state index contributed by atoms with van der Waals surface area (Å²) in [5.74, 6) is 2.95. The molecule has 82 valence electrons. The lowest BCUT2D eigenvalue weighted by Crippen LogP contribution is -2.23. The average molecular weight is 195 g/mol. The van der Waals surface area contributed by atoms with E-state index in [1.807, 2.05) is 0 Å². The molecule has 0 radical (unpaired) electrons. The first-order valence-electron chi connectivity index (χ1n) is 6.32. The lowest BCUT2D eigenvalue weighted by atomic mass is 9.74. The zero-order valence-corrected chi connectivity index (χ0v) is 9.97. The molecule has 2 fully saturated rings. The summed E-state index contributed by atoms with van der Waals surface area (Å²) in [5.41, 5.74) is 0.800. The molecule has 0 aliphatic heterocycles. The Kier molecular flexibility index (Phi) is 2.88. The predicted molar refractivity (Wildman–Crippen MR) is 61.3 cm³/mol. The van der Waals surface area contributed by atoms with Gasteiger partial charge in [0.15, 0.2) is 0 Å². The first-order valence-corrected chi connectivity index (χ1v) is 6.32. The molecule has 0 aromatic carbocycles. The van der Waals surface area contributed by atoms with Crippen molar-refractivity contribution >= 4 is 0 Å². The van der Waals surface area contributed by atoms with E-state index in [0.717, 1.165) is 23.2 Å². The maximum absolute atomic E-state index is 3.34. The van der Waals surface area contributed by atoms with Gasteiger partial charge in [0.2, 0.25) is 0 Å². The Hall–Kier alpha value is -0.0400. The van der Waals surface area contributed by atoms with Crippen molar-refractivity contribution in [3.8, 4) is 0 Å². The van der Waals surface area contributed by atoms with E-state index in [1.165, 1.54) is 38.6 Å². The fraction of sp³-hybridized carbons (Fsp3) is 1.00. The van der Waals surface area contributed by atoms with E-state index in [2.05, 4.69) is 26.2 Å². The third-order valence-electron chi connectivity index (χ3n) is 4.78. The van der Waals surface area contributed by atoms with Crippen LogP contribution >= 0.6 is 0 Å². The van der Waals surface area contributed by atoms with E-state index < -0.39 is 0 Å². The zero-order valence-electron chi connectivity index (χ0n) is 9.97. The molecule has 1 atom stereocenters. The summed E-state index contributed by atoms with van der Waals surface area (Å²) in [4.78, 5) is 0. The summed E-state index contributed by atoms with van der Waals surface area (Å²) in [7, 11) is 2.09. The lowest BCUT2D eigenvalue weighted by molar-refractivity contribution is 0.197. The van der Waals surface area contributed by atoms with Gasteiger partial charge >= 0.3 is 0 Å². The molecule has 0 aromatic rings. The Morgan fingerprint density at radius 3 is 2.43 bits per heavy atom. The summed E-state index contributed by atoms with van der Waals surface area (Å²) in [5, 5.41) is 3.34. The van der Waals surface area contributed by atoms with Crippen LogP contribution in [0.3, 0.4) is 0 Å². The zero-order chi connectivity index (χ0) is 10.2. The smallest absolute Gasteiger partial charge is 0.00180 e. The van der Waals surface area contributed by atoms with Crippen molar-refractivity contribution in [1.29, 1.82) is 0 Å². The average Bonchev–Trinajstić information content (AvgIpc) is 2.80. The van der Waals surface area contributed by atoms with Crippen LogP contribution in [0.1, 0.15) is 46.0 Å². The van der Waals surface area contributed by atoms with Crippen molar-refractivity contribution in [2.24, 2.45) is 23.2 Å². The highest BCUT2D eigenvalue weighted by molar-refractivity contribution is 5.05. The van der Waals surface area contributed by atoms with Gasteiger partial charge in [-0.15, -0.1) is 0 Å². The molecule has 0 bridgehead atoms. The van der Waals surface area contributed by atoms with Crippen molar-refractivity contribution in [2.75, 3.05) is 13.6 Å². The number of hydrogen-bond donors (Lipinski definition) is 1. The molecule has 2 rings (SSSR count). The second-order valence-electron chi connectivity index (χ2n) is 5.90. The minimum absolute atomic E-state index is 0.800. The van der Waals surface area contributed by atoms with Crippen LogP contribution in [-0.4, -0.2) is 13.6 Å². The Morgan fingerprint density at radius 2 is 1.93 bits per heavy atom. The second-order valence-corrected chi connectivity index (χ2v) is 5.90. The minimum atomic E-state index is 0.800. The molecule has 14 heavy (non-hydrogen) atoms. The first-order chi connectivity index (χ1) is 6.68. The van der Waals surface area contributed by atoms with Gasteiger partial charge in [-0.3, -0.25) is 0 Å². The van der Waals surface area contributed by atoms with E-state index in [4.69, 9.17) is 0 Å². The molecule has 1 N–H and O–H groups in total. The van der Waals surface area contributed by atoms with Gasteiger partial charge < -0.3 is 5.32 Å². The normalized spacial score (nSPS) is 42.0. The standard InChI is InChI=1S/C13H25N/c1-10(2)11-4-6-13(7-5-11)8-12(13)9-14-3/h10-12,14H,4-9H2,1-3H3. The highest BCUT2D eigenvalue weighted by atomic mass is 14.8. The van der Waals surface area contributed by atoms with Crippen molar-refractivity contribution < 1.29 is 0 Å². The topological polar surface area (TPSA) is 12.0 Å². The number of rotatable bonds is 3. The van der Waals surface area contributed by atoms with Crippen LogP contribution in [0.4, 0.5) is 0 Å². The van der Waals surface area contributed by atoms with Crippen LogP contribution < -0.4 is 5.32 Å². The second kappa shape index (κ2) is 3.84. The fourth-order valence-corrected chi connectivity index (χ4v) is 3.46. The Labute approximate surface area is 88.7 Å². The summed E-state index contributed by atoms with van der Waals surface area (Å²) in [6.45, 7) is 6.04. The Bertz CT molecular complexity index is 189. The van der Waals surface area contributed by atoms with E-state index >= 15 is 0 Å². The molecule has 1 nitrogen and oxygen atoms in total. The van der Waals surface area contributed by atoms with Gasteiger partial charge in [-0.25, -0.2) is 0 Å². The van der Waals surface area contributed by atoms with Gasteiger partial charge in [0.1, 0.15) is 0 Å². The highest BCUT2D eigenvalue weighted by Gasteiger charge is 2.54. The molecule has 0 aromatic heterocycles. The minimum Gasteiger partial charge on any atom is -0.319 e. The molecule has 2 aliphatic rings. The summed E-state index contributed by atoms with van der Waals surface area (Å²) in [6, 6.07) is 0. The SMILES string of the molecule is CNCC1CC12CCC(C(C)C)CC2. The monoisotopic (exact) mass is 195 g/mol. The lowest BCUT2D eigenvalue weighted by Gasteiger charge is -2.31. The fourth-order valence-electron chi connectivity index (χ4n) is 3.46. The molecule has 2 saturated carbocycles. The van der Waals surface area contributed by atoms with Crippen molar-refractivity contribution in [1.82, 2.24) is 5.32 Å². The molecule has 0 amide bonds. The van der Waals surface area contributed by atoms with Crippen LogP contribution in [0, 0.1) is 23.2 Å². The number of hydrogen-bond acceptors (Lipinski definition) is 1. The van der Waals surface area contributed by atoms with Crippen LogP contribution in [0.5, 0.6) is 0 Å². The predicted octanol–water partition coefficient (Wildman–Crippen LogP) is 3.06. The van der Waals surface area contributed by atoms with Gasteiger partial charge in [0.05, 0.1) is 0 Å². The molecular formula is C13H25N. The molecule has 0 heterocycles. The Morgan fingerprint density at radius 1 is 1.29 bits per heavy atom. The van der Waals surface area contributed by atoms with Crippen LogP contribution in [0.15, 0.2) is 0 Å². The van der Waals surface area contributed by atoms with Gasteiger partial charge in [-0.2, -0.15) is 0 Å². The third-order valence-corrected chi connectivity index (χ3v) is 4.78. The van der Waals surface area contributed by atoms with Gasteiger partial charge in [-0.1, -0.05) is 13.8 Å². The van der Waals surface area contributed by atoms with E-state index in [1.54, 1.807) is 0 Å². The van der Waals surface area contributed by atoms with Crippen LogP contribution in [0.2, 0.25) is 0 Å². The molecule has 2 aliphatic carbocycles. The summed E-state index contributed by atoms with van der Waals surface area (Å²) >= 11 is 0. The van der Waals surface area contributed by atoms with Gasteiger partial charge in [0.25, 0.3) is 0 Å². The maximum Gasteiger partial charge on any atom is -0.00180 e. The highest BCUT2D eigenvalue weighted by Crippen LogP contribution is 2.62. The molecule has 1 spiro atoms. The Balaban J connectivity index is 1.80. The van der Waals surface area contributed by atoms with Crippen molar-refractivity contribution in [3.63, 3.8) is 0 Å². The maximum atomic E-state index is 3.34. The van der Waals surface area contributed by atoms with Gasteiger partial charge in [0, 0.05) is 0 Å². The summed E-state index contributed by atoms with van der Waals surface area (Å²) in [6.07, 6.45) is 7.54. The van der Waals surface area contributed by atoms with E-state index in [9.17, 15) is 0 Å². The largest absolute Gasteiger partial charge is 0.319 e. The third kappa shape index (κ3) is 1.84. The number of nitrogens with one attached hydrogen (secondary N) is 1. The summed E-state index contributed by atoms with van der Waals surface area (Å²) < 4.78 is 0. The molecular weight excluding hydrogens is 170 g/mol. The van der Waals surface area contributed by atoms with Crippen LogP contribution in [0.25, 0.3) is 0 Å². The molecule has 0 saturated heterocycles. The van der Waals surface area contributed by atoms with Crippen molar-refractivity contribution in [3.05, 3.63) is 0 Å². The first kappa shape index (κ1) is 10.5. The van der Waals surface area contributed by atoms with Crippen LogP contribution in [-0.2, 0) is 0 Å². The quantitative estimate of drug-likeness (QED) is 0.730. The van der Waals surface area contributed by atoms with Crippen molar-refractivity contribution in [2.45, 2.75) is 46.0 Å².